The Balaban J connectivity index is 2.61. The molecular weight excluding hydrogens is 196 g/mol. The summed E-state index contributed by atoms with van der Waals surface area (Å²) in [4.78, 5) is 10.6. The van der Waals surface area contributed by atoms with Gasteiger partial charge in [0.25, 0.3) is 0 Å². The highest BCUT2D eigenvalue weighted by Crippen LogP contribution is 2.29. The number of furan rings is 1. The zero-order valence-electron chi connectivity index (χ0n) is 8.15. The van der Waals surface area contributed by atoms with E-state index in [1.54, 1.807) is 19.1 Å². The van der Waals surface area contributed by atoms with Crippen LogP contribution in [-0.4, -0.2) is 16.2 Å². The predicted octanol–water partition coefficient (Wildman–Crippen LogP) is 2.07. The summed E-state index contributed by atoms with van der Waals surface area (Å²) in [6.07, 6.45) is 1.35. The molecule has 4 nitrogen and oxygen atoms in total. The minimum Gasteiger partial charge on any atom is -0.508 e. The number of carbonyl (C=O) groups is 1. The van der Waals surface area contributed by atoms with E-state index in [4.69, 9.17) is 9.52 Å². The third-order valence-electron chi connectivity index (χ3n) is 2.38. The van der Waals surface area contributed by atoms with Crippen molar-refractivity contribution in [3.63, 3.8) is 0 Å². The fraction of sp³-hybridized carbons (Fsp3) is 0.182. The molecule has 2 N–H and O–H groups in total. The molecule has 0 unspecified atom stereocenters. The van der Waals surface area contributed by atoms with Crippen molar-refractivity contribution in [3.05, 3.63) is 29.5 Å². The molecule has 0 radical (unpaired) electrons. The summed E-state index contributed by atoms with van der Waals surface area (Å²) in [7, 11) is 0. The molecule has 0 spiro atoms. The second-order valence-corrected chi connectivity index (χ2v) is 3.42. The van der Waals surface area contributed by atoms with Crippen molar-refractivity contribution < 1.29 is 19.4 Å². The molecule has 0 aliphatic heterocycles. The summed E-state index contributed by atoms with van der Waals surface area (Å²) in [5, 5.41) is 18.9. The van der Waals surface area contributed by atoms with E-state index in [-0.39, 0.29) is 12.2 Å². The van der Waals surface area contributed by atoms with E-state index in [1.807, 2.05) is 0 Å². The Morgan fingerprint density at radius 1 is 1.47 bits per heavy atom. The maximum atomic E-state index is 10.6. The van der Waals surface area contributed by atoms with E-state index < -0.39 is 5.97 Å². The van der Waals surface area contributed by atoms with Gasteiger partial charge < -0.3 is 14.6 Å². The van der Waals surface area contributed by atoms with Gasteiger partial charge in [-0.2, -0.15) is 0 Å². The highest BCUT2D eigenvalue weighted by Gasteiger charge is 2.12. The number of carboxylic acids is 1. The maximum absolute atomic E-state index is 10.6. The quantitative estimate of drug-likeness (QED) is 0.789. The average Bonchev–Trinajstić information content (AvgIpc) is 2.55. The molecule has 4 heteroatoms. The average molecular weight is 206 g/mol. The standard InChI is InChI=1S/C11H10O4/c1-6-9(12)3-2-8-7(4-10(13)14)5-15-11(6)8/h2-3,5,12H,4H2,1H3,(H,13,14). The van der Waals surface area contributed by atoms with Crippen LogP contribution in [0.3, 0.4) is 0 Å². The van der Waals surface area contributed by atoms with Crippen LogP contribution in [0.4, 0.5) is 0 Å². The lowest BCUT2D eigenvalue weighted by Crippen LogP contribution is -1.98. The molecule has 0 amide bonds. The largest absolute Gasteiger partial charge is 0.508 e. The van der Waals surface area contributed by atoms with Crippen molar-refractivity contribution in [1.82, 2.24) is 0 Å². The number of aliphatic carboxylic acids is 1. The fourth-order valence-electron chi connectivity index (χ4n) is 1.58. The maximum Gasteiger partial charge on any atom is 0.307 e. The van der Waals surface area contributed by atoms with Gasteiger partial charge in [0.15, 0.2) is 0 Å². The Bertz CT molecular complexity index is 525. The van der Waals surface area contributed by atoms with Crippen LogP contribution in [0.2, 0.25) is 0 Å². The van der Waals surface area contributed by atoms with Crippen LogP contribution in [0, 0.1) is 6.92 Å². The topological polar surface area (TPSA) is 70.7 Å². The molecule has 0 atom stereocenters. The van der Waals surface area contributed by atoms with Crippen LogP contribution >= 0.6 is 0 Å². The van der Waals surface area contributed by atoms with E-state index >= 15 is 0 Å². The number of aromatic hydroxyl groups is 1. The van der Waals surface area contributed by atoms with Crippen LogP contribution in [0.1, 0.15) is 11.1 Å². The Hall–Kier alpha value is -1.97. The first-order valence-corrected chi connectivity index (χ1v) is 4.50. The Morgan fingerprint density at radius 2 is 2.20 bits per heavy atom. The summed E-state index contributed by atoms with van der Waals surface area (Å²) in [5.74, 6) is -0.748. The SMILES string of the molecule is Cc1c(O)ccc2c(CC(=O)O)coc12. The number of carboxylic acid groups (broad SMARTS) is 1. The molecule has 2 rings (SSSR count). The highest BCUT2D eigenvalue weighted by molar-refractivity contribution is 5.88. The summed E-state index contributed by atoms with van der Waals surface area (Å²) in [6.45, 7) is 1.73. The molecule has 1 heterocycles. The van der Waals surface area contributed by atoms with Crippen molar-refractivity contribution in [2.75, 3.05) is 0 Å². The first-order valence-electron chi connectivity index (χ1n) is 4.50. The minimum absolute atomic E-state index is 0.0722. The molecule has 1 aromatic carbocycles. The number of phenols is 1. The van der Waals surface area contributed by atoms with Gasteiger partial charge in [-0.25, -0.2) is 0 Å². The monoisotopic (exact) mass is 206 g/mol. The number of benzene rings is 1. The van der Waals surface area contributed by atoms with Crippen molar-refractivity contribution >= 4 is 16.9 Å². The number of hydrogen-bond donors (Lipinski definition) is 2. The third-order valence-corrected chi connectivity index (χ3v) is 2.38. The summed E-state index contributed by atoms with van der Waals surface area (Å²) in [5.41, 5.74) is 1.80. The number of hydrogen-bond acceptors (Lipinski definition) is 3. The van der Waals surface area contributed by atoms with Gasteiger partial charge in [0.05, 0.1) is 12.7 Å². The normalized spacial score (nSPS) is 10.7. The van der Waals surface area contributed by atoms with Crippen LogP contribution in [0.5, 0.6) is 5.75 Å². The van der Waals surface area contributed by atoms with E-state index in [0.717, 1.165) is 5.39 Å². The lowest BCUT2D eigenvalue weighted by Gasteiger charge is -1.98. The molecule has 0 saturated heterocycles. The van der Waals surface area contributed by atoms with Gasteiger partial charge in [0.2, 0.25) is 0 Å². The third kappa shape index (κ3) is 1.54. The molecule has 0 fully saturated rings. The zero-order chi connectivity index (χ0) is 11.0. The molecule has 0 aliphatic rings. The number of phenolic OH excluding ortho intramolecular Hbond substituents is 1. The van der Waals surface area contributed by atoms with Gasteiger partial charge in [-0.3, -0.25) is 4.79 Å². The van der Waals surface area contributed by atoms with Crippen molar-refractivity contribution in [2.24, 2.45) is 0 Å². The van der Waals surface area contributed by atoms with E-state index in [1.165, 1.54) is 6.26 Å². The first-order chi connectivity index (χ1) is 7.09. The van der Waals surface area contributed by atoms with Crippen molar-refractivity contribution in [3.8, 4) is 5.75 Å². The molecule has 1 aromatic heterocycles. The van der Waals surface area contributed by atoms with Gasteiger partial charge in [-0.15, -0.1) is 0 Å². The predicted molar refractivity (Wildman–Crippen MR) is 54.0 cm³/mol. The molecule has 0 saturated carbocycles. The number of fused-ring (bicyclic) bond motifs is 1. The van der Waals surface area contributed by atoms with Gasteiger partial charge in [-0.1, -0.05) is 0 Å². The first kappa shape index (κ1) is 9.58. The molecule has 0 bridgehead atoms. The number of aryl methyl sites for hydroxylation is 1. The highest BCUT2D eigenvalue weighted by atomic mass is 16.4. The van der Waals surface area contributed by atoms with Gasteiger partial charge in [0, 0.05) is 16.5 Å². The zero-order valence-corrected chi connectivity index (χ0v) is 8.15. The second kappa shape index (κ2) is 3.31. The summed E-state index contributed by atoms with van der Waals surface area (Å²) >= 11 is 0. The summed E-state index contributed by atoms with van der Waals surface area (Å²) in [6, 6.07) is 3.21. The van der Waals surface area contributed by atoms with Gasteiger partial charge in [-0.05, 0) is 19.1 Å². The van der Waals surface area contributed by atoms with Crippen LogP contribution < -0.4 is 0 Å². The molecule has 15 heavy (non-hydrogen) atoms. The van der Waals surface area contributed by atoms with Crippen molar-refractivity contribution in [2.45, 2.75) is 13.3 Å². The van der Waals surface area contributed by atoms with Crippen molar-refractivity contribution in [1.29, 1.82) is 0 Å². The Morgan fingerprint density at radius 3 is 2.87 bits per heavy atom. The van der Waals surface area contributed by atoms with E-state index in [9.17, 15) is 9.90 Å². The number of rotatable bonds is 2. The fourth-order valence-corrected chi connectivity index (χ4v) is 1.58. The van der Waals surface area contributed by atoms with Crippen LogP contribution in [-0.2, 0) is 11.2 Å². The molecular formula is C11H10O4. The smallest absolute Gasteiger partial charge is 0.307 e. The second-order valence-electron chi connectivity index (χ2n) is 3.42. The van der Waals surface area contributed by atoms with E-state index in [0.29, 0.717) is 16.7 Å². The van der Waals surface area contributed by atoms with Crippen LogP contribution in [0.25, 0.3) is 11.0 Å². The summed E-state index contributed by atoms with van der Waals surface area (Å²) < 4.78 is 5.24. The molecule has 0 aliphatic carbocycles. The lowest BCUT2D eigenvalue weighted by molar-refractivity contribution is -0.136. The molecule has 2 aromatic rings. The van der Waals surface area contributed by atoms with E-state index in [2.05, 4.69) is 0 Å². The minimum atomic E-state index is -0.900. The van der Waals surface area contributed by atoms with Gasteiger partial charge in [0.1, 0.15) is 11.3 Å². The Labute approximate surface area is 85.8 Å². The van der Waals surface area contributed by atoms with Crippen LogP contribution in [0.15, 0.2) is 22.8 Å². The molecule has 78 valence electrons. The Kier molecular flexibility index (Phi) is 2.11. The van der Waals surface area contributed by atoms with Gasteiger partial charge >= 0.3 is 5.97 Å². The lowest BCUT2D eigenvalue weighted by atomic mass is 10.1.